The predicted octanol–water partition coefficient (Wildman–Crippen LogP) is 1.72. The monoisotopic (exact) mass is 298 g/mol. The van der Waals surface area contributed by atoms with Gasteiger partial charge in [-0.25, -0.2) is 0 Å². The van der Waals surface area contributed by atoms with E-state index in [0.717, 1.165) is 58.3 Å². The summed E-state index contributed by atoms with van der Waals surface area (Å²) in [6, 6.07) is 0. The normalized spacial score (nSPS) is 32.9. The van der Waals surface area contributed by atoms with E-state index >= 15 is 0 Å². The van der Waals surface area contributed by atoms with Gasteiger partial charge in [0.25, 0.3) is 0 Å². The molecule has 1 saturated heterocycles. The molecular formula is C16H30N2O3. The molecule has 0 aromatic carbocycles. The van der Waals surface area contributed by atoms with Gasteiger partial charge in [0.15, 0.2) is 0 Å². The van der Waals surface area contributed by atoms with Crippen LogP contribution in [0.15, 0.2) is 0 Å². The van der Waals surface area contributed by atoms with Crippen LogP contribution in [-0.4, -0.2) is 60.9 Å². The molecule has 1 aliphatic heterocycles. The number of hydrogen-bond donors (Lipinski definition) is 2. The van der Waals surface area contributed by atoms with Gasteiger partial charge in [-0.1, -0.05) is 13.3 Å². The summed E-state index contributed by atoms with van der Waals surface area (Å²) in [5, 5.41) is 12.7. The largest absolute Gasteiger partial charge is 0.480 e. The molecule has 2 N–H and O–H groups in total. The first-order valence-corrected chi connectivity index (χ1v) is 8.38. The Hall–Kier alpha value is -0.650. The maximum absolute atomic E-state index is 11.7. The minimum Gasteiger partial charge on any atom is -0.480 e. The Bertz CT molecular complexity index is 344. The topological polar surface area (TPSA) is 61.8 Å². The van der Waals surface area contributed by atoms with E-state index in [1.165, 1.54) is 6.42 Å². The minimum atomic E-state index is -0.705. The zero-order valence-corrected chi connectivity index (χ0v) is 13.4. The van der Waals surface area contributed by atoms with Crippen LogP contribution in [0.5, 0.6) is 0 Å². The molecular weight excluding hydrogens is 268 g/mol. The number of carboxylic acid groups (broad SMARTS) is 1. The first-order valence-electron chi connectivity index (χ1n) is 8.38. The highest BCUT2D eigenvalue weighted by atomic mass is 16.5. The molecule has 2 rings (SSSR count). The van der Waals surface area contributed by atoms with Crippen molar-refractivity contribution >= 4 is 5.97 Å². The van der Waals surface area contributed by atoms with Gasteiger partial charge in [-0.2, -0.15) is 0 Å². The number of carbonyl (C=O) groups is 1. The number of aliphatic carboxylic acids is 1. The molecule has 2 aliphatic rings. The van der Waals surface area contributed by atoms with E-state index in [4.69, 9.17) is 4.74 Å². The van der Waals surface area contributed by atoms with Crippen LogP contribution in [0, 0.1) is 5.92 Å². The van der Waals surface area contributed by atoms with Gasteiger partial charge in [0.05, 0.1) is 6.10 Å². The fourth-order valence-electron chi connectivity index (χ4n) is 3.98. The Balaban J connectivity index is 1.86. The highest BCUT2D eigenvalue weighted by molar-refractivity contribution is 5.79. The Morgan fingerprint density at radius 1 is 1.43 bits per heavy atom. The molecule has 0 amide bonds. The van der Waals surface area contributed by atoms with E-state index in [2.05, 4.69) is 17.1 Å². The van der Waals surface area contributed by atoms with Crippen molar-refractivity contribution in [3.63, 3.8) is 0 Å². The average Bonchev–Trinajstić information content (AvgIpc) is 3.12. The Morgan fingerprint density at radius 3 is 2.81 bits per heavy atom. The van der Waals surface area contributed by atoms with Gasteiger partial charge in [0, 0.05) is 13.2 Å². The van der Waals surface area contributed by atoms with Crippen LogP contribution in [0.4, 0.5) is 0 Å². The van der Waals surface area contributed by atoms with Crippen LogP contribution in [0.3, 0.4) is 0 Å². The van der Waals surface area contributed by atoms with E-state index in [-0.39, 0.29) is 5.92 Å². The molecule has 122 valence electrons. The van der Waals surface area contributed by atoms with Crippen molar-refractivity contribution in [1.82, 2.24) is 10.2 Å². The van der Waals surface area contributed by atoms with E-state index in [1.807, 2.05) is 0 Å². The summed E-state index contributed by atoms with van der Waals surface area (Å²) in [4.78, 5) is 14.1. The van der Waals surface area contributed by atoms with Crippen LogP contribution in [0.2, 0.25) is 0 Å². The lowest BCUT2D eigenvalue weighted by Crippen LogP contribution is -2.53. The second kappa shape index (κ2) is 7.56. The summed E-state index contributed by atoms with van der Waals surface area (Å²) >= 11 is 0. The second-order valence-electron chi connectivity index (χ2n) is 6.43. The highest BCUT2D eigenvalue weighted by Crippen LogP contribution is 2.38. The SMILES string of the molecule is CCN(CCC1CCCC1(NC)C(=O)O)CC1CCCO1. The molecule has 0 aromatic heterocycles. The van der Waals surface area contributed by atoms with Gasteiger partial charge in [-0.15, -0.1) is 0 Å². The molecule has 1 saturated carbocycles. The number of ether oxygens (including phenoxy) is 1. The molecule has 3 unspecified atom stereocenters. The Morgan fingerprint density at radius 2 is 2.24 bits per heavy atom. The van der Waals surface area contributed by atoms with Crippen molar-refractivity contribution in [3.8, 4) is 0 Å². The Labute approximate surface area is 128 Å². The number of carboxylic acids is 1. The molecule has 1 aliphatic carbocycles. The molecule has 2 fully saturated rings. The molecule has 0 aromatic rings. The average molecular weight is 298 g/mol. The zero-order chi connectivity index (χ0) is 15.3. The highest BCUT2D eigenvalue weighted by Gasteiger charge is 2.47. The first-order chi connectivity index (χ1) is 10.1. The summed E-state index contributed by atoms with van der Waals surface area (Å²) in [7, 11) is 1.79. The summed E-state index contributed by atoms with van der Waals surface area (Å²) in [6.07, 6.45) is 6.44. The van der Waals surface area contributed by atoms with Crippen LogP contribution in [-0.2, 0) is 9.53 Å². The molecule has 0 spiro atoms. The van der Waals surface area contributed by atoms with E-state index < -0.39 is 11.5 Å². The van der Waals surface area contributed by atoms with Crippen LogP contribution < -0.4 is 5.32 Å². The van der Waals surface area contributed by atoms with Crippen molar-refractivity contribution in [3.05, 3.63) is 0 Å². The predicted molar refractivity (Wildman–Crippen MR) is 82.5 cm³/mol. The van der Waals surface area contributed by atoms with Gasteiger partial charge in [0.1, 0.15) is 5.54 Å². The lowest BCUT2D eigenvalue weighted by molar-refractivity contribution is -0.146. The van der Waals surface area contributed by atoms with Crippen molar-refractivity contribution in [2.75, 3.05) is 33.3 Å². The summed E-state index contributed by atoms with van der Waals surface area (Å²) < 4.78 is 5.71. The molecule has 0 radical (unpaired) electrons. The van der Waals surface area contributed by atoms with Gasteiger partial charge in [-0.3, -0.25) is 4.79 Å². The molecule has 5 heteroatoms. The standard InChI is InChI=1S/C16H30N2O3/c1-3-18(12-14-7-5-11-21-14)10-8-13-6-4-9-16(13,17-2)15(19)20/h13-14,17H,3-12H2,1-2H3,(H,19,20). The van der Waals surface area contributed by atoms with Gasteiger partial charge < -0.3 is 20.1 Å². The third-order valence-corrected chi connectivity index (χ3v) is 5.38. The second-order valence-corrected chi connectivity index (χ2v) is 6.43. The Kier molecular flexibility index (Phi) is 6.02. The van der Waals surface area contributed by atoms with Gasteiger partial charge in [0.2, 0.25) is 0 Å². The minimum absolute atomic E-state index is 0.235. The fourth-order valence-corrected chi connectivity index (χ4v) is 3.98. The maximum Gasteiger partial charge on any atom is 0.324 e. The van der Waals surface area contributed by atoms with E-state index in [0.29, 0.717) is 6.10 Å². The zero-order valence-electron chi connectivity index (χ0n) is 13.4. The number of likely N-dealkylation sites (N-methyl/N-ethyl adjacent to an activating group) is 2. The summed E-state index contributed by atoms with van der Waals surface area (Å²) in [5.41, 5.74) is -0.705. The molecule has 1 heterocycles. The third kappa shape index (κ3) is 3.76. The smallest absolute Gasteiger partial charge is 0.324 e. The number of nitrogens with one attached hydrogen (secondary N) is 1. The summed E-state index contributed by atoms with van der Waals surface area (Å²) in [6.45, 7) is 6.03. The van der Waals surface area contributed by atoms with Crippen molar-refractivity contribution in [2.24, 2.45) is 5.92 Å². The van der Waals surface area contributed by atoms with Gasteiger partial charge >= 0.3 is 5.97 Å². The molecule has 21 heavy (non-hydrogen) atoms. The maximum atomic E-state index is 11.7. The quantitative estimate of drug-likeness (QED) is 0.714. The first kappa shape index (κ1) is 16.7. The lowest BCUT2D eigenvalue weighted by Gasteiger charge is -2.33. The third-order valence-electron chi connectivity index (χ3n) is 5.38. The fraction of sp³-hybridized carbons (Fsp3) is 0.938. The number of nitrogens with zero attached hydrogens (tertiary/aromatic N) is 1. The lowest BCUT2D eigenvalue weighted by atomic mass is 9.84. The van der Waals surface area contributed by atoms with Gasteiger partial charge in [-0.05, 0) is 58.2 Å². The van der Waals surface area contributed by atoms with Crippen molar-refractivity contribution in [1.29, 1.82) is 0 Å². The molecule has 5 nitrogen and oxygen atoms in total. The van der Waals surface area contributed by atoms with Crippen LogP contribution >= 0.6 is 0 Å². The van der Waals surface area contributed by atoms with E-state index in [9.17, 15) is 9.90 Å². The summed E-state index contributed by atoms with van der Waals surface area (Å²) in [5.74, 6) is -0.451. The number of hydrogen-bond acceptors (Lipinski definition) is 4. The van der Waals surface area contributed by atoms with Crippen molar-refractivity contribution in [2.45, 2.75) is 57.1 Å². The van der Waals surface area contributed by atoms with Crippen LogP contribution in [0.1, 0.15) is 45.4 Å². The number of rotatable bonds is 8. The van der Waals surface area contributed by atoms with Crippen molar-refractivity contribution < 1.29 is 14.6 Å². The molecule has 3 atom stereocenters. The van der Waals surface area contributed by atoms with Crippen LogP contribution in [0.25, 0.3) is 0 Å². The van der Waals surface area contributed by atoms with E-state index in [1.54, 1.807) is 7.05 Å². The molecule has 0 bridgehead atoms.